The zero-order chi connectivity index (χ0) is 22.3. The molecule has 10 heteroatoms. The van der Waals surface area contributed by atoms with Gasteiger partial charge in [0.25, 0.3) is 0 Å². The molecule has 4 rings (SSSR count). The van der Waals surface area contributed by atoms with E-state index in [9.17, 15) is 4.39 Å². The van der Waals surface area contributed by atoms with Crippen LogP contribution >= 0.6 is 0 Å². The van der Waals surface area contributed by atoms with Crippen molar-refractivity contribution in [3.05, 3.63) is 65.8 Å². The molecule has 0 bridgehead atoms. The molecule has 0 saturated heterocycles. The molecule has 0 aliphatic carbocycles. The van der Waals surface area contributed by atoms with Crippen LogP contribution in [-0.2, 0) is 30.9 Å². The van der Waals surface area contributed by atoms with E-state index in [0.717, 1.165) is 24.2 Å². The van der Waals surface area contributed by atoms with Crippen LogP contribution in [0.4, 0.5) is 4.39 Å². The molecule has 1 aliphatic rings. The van der Waals surface area contributed by atoms with Gasteiger partial charge in [0, 0.05) is 39.4 Å². The molecule has 0 spiro atoms. The maximum absolute atomic E-state index is 14.5. The number of methoxy groups -OCH3 is 1. The van der Waals surface area contributed by atoms with E-state index in [4.69, 9.17) is 9.47 Å². The van der Waals surface area contributed by atoms with Crippen molar-refractivity contribution in [1.29, 1.82) is 0 Å². The van der Waals surface area contributed by atoms with Gasteiger partial charge in [-0.1, -0.05) is 6.07 Å². The van der Waals surface area contributed by atoms with Crippen LogP contribution in [-0.4, -0.2) is 45.9 Å². The number of nitrogens with one attached hydrogen (secondary N) is 2. The number of guanidine groups is 1. The fourth-order valence-corrected chi connectivity index (χ4v) is 3.51. The van der Waals surface area contributed by atoms with Crippen LogP contribution < -0.4 is 15.4 Å². The first-order valence-corrected chi connectivity index (χ1v) is 10.4. The first-order valence-electron chi connectivity index (χ1n) is 10.4. The van der Waals surface area contributed by atoms with E-state index >= 15 is 0 Å². The molecule has 0 fully saturated rings. The summed E-state index contributed by atoms with van der Waals surface area (Å²) in [5.74, 6) is 2.52. The van der Waals surface area contributed by atoms with Gasteiger partial charge >= 0.3 is 0 Å². The molecule has 1 unspecified atom stereocenters. The van der Waals surface area contributed by atoms with Crippen LogP contribution in [0.2, 0.25) is 0 Å². The summed E-state index contributed by atoms with van der Waals surface area (Å²) in [5.41, 5.74) is 0.774. The summed E-state index contributed by atoms with van der Waals surface area (Å²) < 4.78 is 27.0. The summed E-state index contributed by atoms with van der Waals surface area (Å²) in [7, 11) is 3.34. The Morgan fingerprint density at radius 2 is 2.25 bits per heavy atom. The first-order chi connectivity index (χ1) is 15.6. The lowest BCUT2D eigenvalue weighted by Crippen LogP contribution is -2.46. The van der Waals surface area contributed by atoms with Gasteiger partial charge in [0.2, 0.25) is 0 Å². The second-order valence-electron chi connectivity index (χ2n) is 7.42. The smallest absolute Gasteiger partial charge is 0.191 e. The van der Waals surface area contributed by atoms with Gasteiger partial charge in [0.15, 0.2) is 23.4 Å². The van der Waals surface area contributed by atoms with E-state index in [2.05, 4.69) is 30.7 Å². The third kappa shape index (κ3) is 5.38. The molecule has 3 aromatic rings. The van der Waals surface area contributed by atoms with E-state index in [1.165, 1.54) is 12.3 Å². The lowest BCUT2D eigenvalue weighted by Gasteiger charge is -2.25. The molecule has 0 saturated carbocycles. The lowest BCUT2D eigenvalue weighted by molar-refractivity contribution is 0.177. The number of halogens is 1. The Labute approximate surface area is 185 Å². The predicted octanol–water partition coefficient (Wildman–Crippen LogP) is 2.43. The summed E-state index contributed by atoms with van der Waals surface area (Å²) in [6.07, 6.45) is 4.92. The summed E-state index contributed by atoms with van der Waals surface area (Å²) in [5, 5.41) is 11.1. The normalized spacial score (nSPS) is 15.8. The van der Waals surface area contributed by atoms with E-state index in [1.807, 2.05) is 10.7 Å². The van der Waals surface area contributed by atoms with Crippen molar-refractivity contribution in [1.82, 2.24) is 30.4 Å². The zero-order valence-corrected chi connectivity index (χ0v) is 18.1. The van der Waals surface area contributed by atoms with Crippen molar-refractivity contribution in [3.63, 3.8) is 0 Å². The number of rotatable bonds is 7. The van der Waals surface area contributed by atoms with Gasteiger partial charge in [0.1, 0.15) is 18.2 Å². The fourth-order valence-electron chi connectivity index (χ4n) is 3.51. The number of aromatic nitrogens is 4. The minimum Gasteiger partial charge on any atom is -0.453 e. The zero-order valence-electron chi connectivity index (χ0n) is 18.1. The van der Waals surface area contributed by atoms with Gasteiger partial charge < -0.3 is 20.1 Å². The molecule has 1 atom stereocenters. The molecule has 32 heavy (non-hydrogen) atoms. The Bertz CT molecular complexity index is 1070. The number of hydrogen-bond acceptors (Lipinski definition) is 6. The van der Waals surface area contributed by atoms with Gasteiger partial charge in [-0.15, -0.1) is 0 Å². The van der Waals surface area contributed by atoms with Crippen molar-refractivity contribution < 1.29 is 13.9 Å². The molecule has 9 nitrogen and oxygen atoms in total. The van der Waals surface area contributed by atoms with E-state index in [0.29, 0.717) is 37.2 Å². The maximum Gasteiger partial charge on any atom is 0.191 e. The minimum atomic E-state index is -0.436. The first kappa shape index (κ1) is 21.7. The molecule has 0 amide bonds. The number of aryl methyl sites for hydroxylation is 1. The Kier molecular flexibility index (Phi) is 6.90. The average Bonchev–Trinajstić information content (AvgIpc) is 3.21. The number of aliphatic imine (C=N–C) groups is 1. The van der Waals surface area contributed by atoms with Crippen LogP contribution in [0.15, 0.2) is 47.7 Å². The van der Waals surface area contributed by atoms with Crippen LogP contribution in [0.25, 0.3) is 0 Å². The number of ether oxygens (including phenoxy) is 2. The molecule has 0 radical (unpaired) electrons. The predicted molar refractivity (Wildman–Crippen MR) is 117 cm³/mol. The molecule has 2 aromatic heterocycles. The summed E-state index contributed by atoms with van der Waals surface area (Å²) in [6.45, 7) is 1.52. The van der Waals surface area contributed by atoms with Gasteiger partial charge in [-0.25, -0.2) is 14.1 Å². The Morgan fingerprint density at radius 3 is 3.00 bits per heavy atom. The highest BCUT2D eigenvalue weighted by molar-refractivity contribution is 5.79. The highest BCUT2D eigenvalue weighted by Gasteiger charge is 2.22. The fraction of sp³-hybridized carbons (Fsp3) is 0.364. The molecule has 2 N–H and O–H groups in total. The number of pyridine rings is 1. The standard InChI is InChI=1S/C22H26FN7O2/c1-24-22(27-16-6-8-21-28-20(14-31-2)29-30(21)13-16)26-11-15-5-7-19(18(23)10-15)32-17-4-3-9-25-12-17/h3-5,7,9-10,12,16H,6,8,11,13-14H2,1-2H3,(H2,24,26,27). The number of hydrogen-bond donors (Lipinski definition) is 2. The summed E-state index contributed by atoms with van der Waals surface area (Å²) in [4.78, 5) is 12.7. The number of benzene rings is 1. The average molecular weight is 439 g/mol. The number of fused-ring (bicyclic) bond motifs is 1. The van der Waals surface area contributed by atoms with Crippen molar-refractivity contribution in [3.8, 4) is 11.5 Å². The molecule has 168 valence electrons. The Hall–Kier alpha value is -3.53. The van der Waals surface area contributed by atoms with Crippen molar-refractivity contribution in [2.24, 2.45) is 4.99 Å². The molecule has 1 aromatic carbocycles. The molecule has 3 heterocycles. The molecular formula is C22H26FN7O2. The third-order valence-corrected chi connectivity index (χ3v) is 5.06. The lowest BCUT2D eigenvalue weighted by atomic mass is 10.1. The van der Waals surface area contributed by atoms with Gasteiger partial charge in [0.05, 0.1) is 12.7 Å². The minimum absolute atomic E-state index is 0.156. The Balaban J connectivity index is 1.31. The van der Waals surface area contributed by atoms with Crippen molar-refractivity contribution >= 4 is 5.96 Å². The van der Waals surface area contributed by atoms with Crippen molar-refractivity contribution in [2.45, 2.75) is 38.6 Å². The largest absolute Gasteiger partial charge is 0.453 e. The second kappa shape index (κ2) is 10.2. The van der Waals surface area contributed by atoms with Crippen LogP contribution in [0.1, 0.15) is 23.6 Å². The van der Waals surface area contributed by atoms with Crippen LogP contribution in [0.3, 0.4) is 0 Å². The van der Waals surface area contributed by atoms with E-state index in [-0.39, 0.29) is 11.8 Å². The van der Waals surface area contributed by atoms with E-state index < -0.39 is 5.82 Å². The summed E-state index contributed by atoms with van der Waals surface area (Å²) in [6, 6.07) is 8.50. The SMILES string of the molecule is CN=C(NCc1ccc(Oc2cccnc2)c(F)c1)NC1CCc2nc(COC)nn2C1. The highest BCUT2D eigenvalue weighted by Crippen LogP contribution is 2.24. The number of nitrogens with zero attached hydrogens (tertiary/aromatic N) is 5. The third-order valence-electron chi connectivity index (χ3n) is 5.06. The highest BCUT2D eigenvalue weighted by atomic mass is 19.1. The van der Waals surface area contributed by atoms with Gasteiger partial charge in [-0.05, 0) is 36.2 Å². The quantitative estimate of drug-likeness (QED) is 0.431. The summed E-state index contributed by atoms with van der Waals surface area (Å²) >= 11 is 0. The second-order valence-corrected chi connectivity index (χ2v) is 7.42. The van der Waals surface area contributed by atoms with Crippen molar-refractivity contribution in [2.75, 3.05) is 14.2 Å². The maximum atomic E-state index is 14.5. The van der Waals surface area contributed by atoms with Gasteiger partial charge in [-0.2, -0.15) is 5.10 Å². The van der Waals surface area contributed by atoms with E-state index in [1.54, 1.807) is 38.6 Å². The monoisotopic (exact) mass is 439 g/mol. The molecule has 1 aliphatic heterocycles. The van der Waals surface area contributed by atoms with Crippen LogP contribution in [0.5, 0.6) is 11.5 Å². The van der Waals surface area contributed by atoms with Gasteiger partial charge in [-0.3, -0.25) is 9.98 Å². The Morgan fingerprint density at radius 1 is 1.34 bits per heavy atom. The molecular weight excluding hydrogens is 413 g/mol. The van der Waals surface area contributed by atoms with Crippen LogP contribution in [0, 0.1) is 5.82 Å². The topological polar surface area (TPSA) is 98.5 Å².